The van der Waals surface area contributed by atoms with Crippen LogP contribution in [0.3, 0.4) is 0 Å². The normalized spacial score (nSPS) is 22.2. The molecule has 0 unspecified atom stereocenters. The molecule has 8 heteroatoms. The Kier molecular flexibility index (Phi) is 8.63. The van der Waals surface area contributed by atoms with Crippen molar-refractivity contribution in [2.75, 3.05) is 39.2 Å². The van der Waals surface area contributed by atoms with E-state index in [2.05, 4.69) is 17.1 Å². The van der Waals surface area contributed by atoms with E-state index in [9.17, 15) is 14.0 Å². The lowest BCUT2D eigenvalue weighted by Crippen LogP contribution is -2.46. The maximum absolute atomic E-state index is 13.8. The molecule has 2 aromatic carbocycles. The monoisotopic (exact) mass is 471 g/mol. The molecule has 0 saturated carbocycles. The van der Waals surface area contributed by atoms with Crippen LogP contribution in [-0.4, -0.2) is 67.6 Å². The summed E-state index contributed by atoms with van der Waals surface area (Å²) in [6.07, 6.45) is -0.182. The van der Waals surface area contributed by atoms with Crippen LogP contribution in [0.25, 0.3) is 0 Å². The second kappa shape index (κ2) is 11.4. The van der Waals surface area contributed by atoms with Crippen LogP contribution < -0.4 is 10.1 Å². The van der Waals surface area contributed by atoms with Crippen molar-refractivity contribution < 1.29 is 23.5 Å². The van der Waals surface area contributed by atoms with Crippen LogP contribution in [0.2, 0.25) is 0 Å². The molecule has 0 saturated heterocycles. The molecule has 1 aliphatic heterocycles. The third-order valence-corrected chi connectivity index (χ3v) is 6.17. The van der Waals surface area contributed by atoms with Gasteiger partial charge in [0.2, 0.25) is 5.91 Å². The van der Waals surface area contributed by atoms with E-state index in [0.29, 0.717) is 43.2 Å². The minimum atomic E-state index is -0.266. The van der Waals surface area contributed by atoms with Crippen LogP contribution in [0.15, 0.2) is 42.5 Å². The first-order valence-electron chi connectivity index (χ1n) is 11.5. The van der Waals surface area contributed by atoms with Crippen LogP contribution in [0.4, 0.5) is 10.1 Å². The molecule has 0 bridgehead atoms. The number of carbonyl (C=O) groups is 2. The lowest BCUT2D eigenvalue weighted by Gasteiger charge is -2.36. The Hall–Kier alpha value is -2.97. The maximum atomic E-state index is 13.8. The number of methoxy groups -OCH3 is 1. The van der Waals surface area contributed by atoms with Crippen LogP contribution in [0.1, 0.15) is 36.7 Å². The molecule has 2 amide bonds. The van der Waals surface area contributed by atoms with Crippen LogP contribution in [0.5, 0.6) is 5.75 Å². The number of amides is 2. The number of likely N-dealkylation sites (N-methyl/N-ethyl adjacent to an activating group) is 1. The highest BCUT2D eigenvalue weighted by atomic mass is 19.1. The zero-order chi connectivity index (χ0) is 24.8. The summed E-state index contributed by atoms with van der Waals surface area (Å²) in [5.74, 6) is -0.134. The molecule has 34 heavy (non-hydrogen) atoms. The summed E-state index contributed by atoms with van der Waals surface area (Å²) in [6, 6.07) is 11.6. The van der Waals surface area contributed by atoms with Crippen molar-refractivity contribution in [1.82, 2.24) is 9.80 Å². The van der Waals surface area contributed by atoms with Gasteiger partial charge in [0.1, 0.15) is 18.2 Å². The van der Waals surface area contributed by atoms with Gasteiger partial charge in [-0.1, -0.05) is 19.1 Å². The van der Waals surface area contributed by atoms with Crippen LogP contribution >= 0.6 is 0 Å². The Morgan fingerprint density at radius 3 is 2.65 bits per heavy atom. The molecule has 1 aliphatic rings. The van der Waals surface area contributed by atoms with Gasteiger partial charge in [0.15, 0.2) is 0 Å². The third-order valence-electron chi connectivity index (χ3n) is 6.17. The fraction of sp³-hybridized carbons (Fsp3) is 0.462. The Morgan fingerprint density at radius 2 is 1.97 bits per heavy atom. The molecule has 0 fully saturated rings. The van der Waals surface area contributed by atoms with Gasteiger partial charge in [0, 0.05) is 58.5 Å². The first-order chi connectivity index (χ1) is 16.2. The number of nitrogens with zero attached hydrogens (tertiary/aromatic N) is 2. The van der Waals surface area contributed by atoms with Crippen molar-refractivity contribution in [3.05, 3.63) is 59.4 Å². The van der Waals surface area contributed by atoms with Gasteiger partial charge in [-0.05, 0) is 42.7 Å². The number of carbonyl (C=O) groups excluding carboxylic acids is 2. The van der Waals surface area contributed by atoms with Gasteiger partial charge in [-0.25, -0.2) is 4.39 Å². The number of hydrogen-bond acceptors (Lipinski definition) is 5. The van der Waals surface area contributed by atoms with Gasteiger partial charge in [0.05, 0.1) is 11.7 Å². The van der Waals surface area contributed by atoms with E-state index in [1.807, 2.05) is 13.0 Å². The molecule has 3 atom stereocenters. The second-order valence-electron chi connectivity index (χ2n) is 9.05. The van der Waals surface area contributed by atoms with E-state index in [-0.39, 0.29) is 35.7 Å². The summed E-state index contributed by atoms with van der Waals surface area (Å²) >= 11 is 0. The molecule has 1 N–H and O–H groups in total. The molecule has 0 aliphatic carbocycles. The smallest absolute Gasteiger partial charge is 0.257 e. The van der Waals surface area contributed by atoms with Crippen LogP contribution in [-0.2, 0) is 16.1 Å². The molecule has 2 aromatic rings. The summed E-state index contributed by atoms with van der Waals surface area (Å²) in [7, 11) is 3.40. The van der Waals surface area contributed by atoms with Gasteiger partial charge in [-0.15, -0.1) is 0 Å². The minimum absolute atomic E-state index is 0.0345. The quantitative estimate of drug-likeness (QED) is 0.735. The Morgan fingerprint density at radius 1 is 1.21 bits per heavy atom. The van der Waals surface area contributed by atoms with E-state index in [1.165, 1.54) is 13.0 Å². The summed E-state index contributed by atoms with van der Waals surface area (Å²) in [5, 5.41) is 2.74. The Bertz CT molecular complexity index is 1020. The topological polar surface area (TPSA) is 71.1 Å². The van der Waals surface area contributed by atoms with Gasteiger partial charge < -0.3 is 19.7 Å². The largest absolute Gasteiger partial charge is 0.491 e. The lowest BCUT2D eigenvalue weighted by atomic mass is 10.0. The standard InChI is InChI=1S/C26H34FN3O4/c1-17-13-30(14-20-7-6-8-21(27)11-20)18(2)16-34-24-12-22(28-19(3)31)9-10-23(24)26(32)29(4)15-25(17)33-5/h6-12,17-18,25H,13-16H2,1-5H3,(H,28,31)/t17-,18-,25+/m1/s1. The molecule has 0 radical (unpaired) electrons. The van der Waals surface area contributed by atoms with E-state index >= 15 is 0 Å². The van der Waals surface area contributed by atoms with E-state index in [4.69, 9.17) is 9.47 Å². The third kappa shape index (κ3) is 6.55. The minimum Gasteiger partial charge on any atom is -0.491 e. The van der Waals surface area contributed by atoms with Gasteiger partial charge >= 0.3 is 0 Å². The zero-order valence-electron chi connectivity index (χ0n) is 20.5. The molecular weight excluding hydrogens is 437 g/mol. The number of hydrogen-bond donors (Lipinski definition) is 1. The summed E-state index contributed by atoms with van der Waals surface area (Å²) in [5.41, 5.74) is 1.85. The summed E-state index contributed by atoms with van der Waals surface area (Å²) < 4.78 is 25.7. The van der Waals surface area contributed by atoms with Crippen molar-refractivity contribution in [3.8, 4) is 5.75 Å². The Balaban J connectivity index is 1.95. The van der Waals surface area contributed by atoms with E-state index in [0.717, 1.165) is 5.56 Å². The summed E-state index contributed by atoms with van der Waals surface area (Å²) in [6.45, 7) is 7.52. The van der Waals surface area contributed by atoms with Crippen LogP contribution in [0, 0.1) is 11.7 Å². The molecule has 184 valence electrons. The molecular formula is C26H34FN3O4. The molecule has 0 aromatic heterocycles. The van der Waals surface area contributed by atoms with Crippen molar-refractivity contribution >= 4 is 17.5 Å². The van der Waals surface area contributed by atoms with Crippen molar-refractivity contribution in [1.29, 1.82) is 0 Å². The average Bonchev–Trinajstić information content (AvgIpc) is 2.79. The predicted octanol–water partition coefficient (Wildman–Crippen LogP) is 3.79. The second-order valence-corrected chi connectivity index (χ2v) is 9.05. The highest BCUT2D eigenvalue weighted by Crippen LogP contribution is 2.27. The average molecular weight is 472 g/mol. The fourth-order valence-corrected chi connectivity index (χ4v) is 4.22. The zero-order valence-corrected chi connectivity index (χ0v) is 20.5. The van der Waals surface area contributed by atoms with Gasteiger partial charge in [-0.3, -0.25) is 14.5 Å². The van der Waals surface area contributed by atoms with Crippen molar-refractivity contribution in [2.24, 2.45) is 5.92 Å². The van der Waals surface area contributed by atoms with E-state index in [1.54, 1.807) is 49.4 Å². The highest BCUT2D eigenvalue weighted by Gasteiger charge is 2.28. The van der Waals surface area contributed by atoms with Crippen molar-refractivity contribution in [3.63, 3.8) is 0 Å². The molecule has 1 heterocycles. The number of anilines is 1. The number of rotatable bonds is 4. The number of ether oxygens (including phenoxy) is 2. The lowest BCUT2D eigenvalue weighted by molar-refractivity contribution is -0.114. The molecule has 7 nitrogen and oxygen atoms in total. The molecule has 0 spiro atoms. The summed E-state index contributed by atoms with van der Waals surface area (Å²) in [4.78, 5) is 28.6. The Labute approximate surface area is 200 Å². The van der Waals surface area contributed by atoms with Gasteiger partial charge in [-0.2, -0.15) is 0 Å². The van der Waals surface area contributed by atoms with E-state index < -0.39 is 0 Å². The highest BCUT2D eigenvalue weighted by molar-refractivity contribution is 5.98. The SMILES string of the molecule is CO[C@H]1CN(C)C(=O)c2ccc(NC(C)=O)cc2OC[C@@H](C)N(Cc2cccc(F)c2)C[C@H]1C. The number of fused-ring (bicyclic) bond motifs is 1. The van der Waals surface area contributed by atoms with Crippen molar-refractivity contribution in [2.45, 2.75) is 39.5 Å². The predicted molar refractivity (Wildman–Crippen MR) is 129 cm³/mol. The van der Waals surface area contributed by atoms with Gasteiger partial charge in [0.25, 0.3) is 5.91 Å². The maximum Gasteiger partial charge on any atom is 0.257 e. The fourth-order valence-electron chi connectivity index (χ4n) is 4.22. The number of halogens is 1. The number of benzene rings is 2. The number of nitrogens with one attached hydrogen (secondary N) is 1. The first kappa shape index (κ1) is 25.6. The molecule has 3 rings (SSSR count). The first-order valence-corrected chi connectivity index (χ1v) is 11.5.